The summed E-state index contributed by atoms with van der Waals surface area (Å²) in [5.41, 5.74) is -0.364. The minimum absolute atomic E-state index is 0.127. The minimum Gasteiger partial charge on any atom is -0.466 e. The number of carbonyl (C=O) groups is 1. The fraction of sp³-hybridized carbons (Fsp3) is 0.300. The van der Waals surface area contributed by atoms with Crippen LogP contribution in [0.3, 0.4) is 0 Å². The van der Waals surface area contributed by atoms with E-state index in [0.29, 0.717) is 0 Å². The van der Waals surface area contributed by atoms with Crippen LogP contribution in [-0.2, 0) is 16.0 Å². The van der Waals surface area contributed by atoms with E-state index in [2.05, 4.69) is 20.7 Å². The van der Waals surface area contributed by atoms with E-state index in [1.807, 2.05) is 0 Å². The predicted molar refractivity (Wildman–Crippen MR) is 54.4 cm³/mol. The highest BCUT2D eigenvalue weighted by molar-refractivity contribution is 9.10. The first kappa shape index (κ1) is 13.0. The molecule has 1 aromatic rings. The number of hydrogen-bond donors (Lipinski definition) is 0. The number of hydrogen-bond acceptors (Lipinski definition) is 2. The SMILES string of the molecule is CCOC(=O)Cc1cc(F)c(Br)c(F)c1F. The topological polar surface area (TPSA) is 26.3 Å². The Hall–Kier alpha value is -1.04. The van der Waals surface area contributed by atoms with Crippen molar-refractivity contribution in [1.29, 1.82) is 0 Å². The molecule has 1 aromatic carbocycles. The standard InChI is InChI=1S/C10H8BrF3O2/c1-2-16-7(15)4-5-3-6(12)8(11)10(14)9(5)13/h3H,2,4H2,1H3. The minimum atomic E-state index is -1.35. The van der Waals surface area contributed by atoms with Crippen LogP contribution >= 0.6 is 15.9 Å². The Morgan fingerprint density at radius 3 is 2.56 bits per heavy atom. The normalized spacial score (nSPS) is 10.3. The Morgan fingerprint density at radius 2 is 2.00 bits per heavy atom. The summed E-state index contributed by atoms with van der Waals surface area (Å²) in [5.74, 6) is -4.29. The number of benzene rings is 1. The lowest BCUT2D eigenvalue weighted by Crippen LogP contribution is -2.10. The first-order chi connectivity index (χ1) is 7.47. The van der Waals surface area contributed by atoms with Gasteiger partial charge < -0.3 is 4.74 Å². The van der Waals surface area contributed by atoms with Crippen molar-refractivity contribution in [1.82, 2.24) is 0 Å². The molecule has 2 nitrogen and oxygen atoms in total. The van der Waals surface area contributed by atoms with Gasteiger partial charge in [0, 0.05) is 5.56 Å². The fourth-order valence-electron chi connectivity index (χ4n) is 1.12. The molecule has 0 N–H and O–H groups in total. The van der Waals surface area contributed by atoms with Crippen molar-refractivity contribution in [3.8, 4) is 0 Å². The molecule has 0 aromatic heterocycles. The van der Waals surface area contributed by atoms with E-state index in [9.17, 15) is 18.0 Å². The number of ether oxygens (including phenoxy) is 1. The molecule has 6 heteroatoms. The molecule has 0 aliphatic carbocycles. The molecule has 0 unspecified atom stereocenters. The molecule has 0 aliphatic rings. The molecule has 0 spiro atoms. The van der Waals surface area contributed by atoms with Crippen molar-refractivity contribution < 1.29 is 22.7 Å². The van der Waals surface area contributed by atoms with E-state index in [-0.39, 0.29) is 12.2 Å². The van der Waals surface area contributed by atoms with Gasteiger partial charge in [-0.15, -0.1) is 0 Å². The van der Waals surface area contributed by atoms with Crippen LogP contribution in [0.25, 0.3) is 0 Å². The lowest BCUT2D eigenvalue weighted by molar-refractivity contribution is -0.142. The number of carbonyl (C=O) groups excluding carboxylic acids is 1. The quantitative estimate of drug-likeness (QED) is 0.487. The molecule has 0 amide bonds. The first-order valence-corrected chi connectivity index (χ1v) is 5.24. The van der Waals surface area contributed by atoms with Crippen molar-refractivity contribution >= 4 is 21.9 Å². The van der Waals surface area contributed by atoms with Crippen molar-refractivity contribution in [2.45, 2.75) is 13.3 Å². The zero-order valence-electron chi connectivity index (χ0n) is 8.32. The Labute approximate surface area is 98.5 Å². The molecule has 0 heterocycles. The van der Waals surface area contributed by atoms with Gasteiger partial charge in [-0.2, -0.15) is 0 Å². The zero-order chi connectivity index (χ0) is 12.3. The summed E-state index contributed by atoms with van der Waals surface area (Å²) >= 11 is 2.55. The van der Waals surface area contributed by atoms with Gasteiger partial charge in [0.1, 0.15) is 5.82 Å². The van der Waals surface area contributed by atoms with Gasteiger partial charge in [0.25, 0.3) is 0 Å². The van der Waals surface area contributed by atoms with Crippen LogP contribution in [0.5, 0.6) is 0 Å². The van der Waals surface area contributed by atoms with Crippen molar-refractivity contribution in [3.63, 3.8) is 0 Å². The number of halogens is 4. The largest absolute Gasteiger partial charge is 0.466 e. The summed E-state index contributed by atoms with van der Waals surface area (Å²) in [6.07, 6.45) is -0.499. The molecule has 0 radical (unpaired) electrons. The summed E-state index contributed by atoms with van der Waals surface area (Å²) < 4.78 is 43.4. The Bertz CT molecular complexity index is 421. The highest BCUT2D eigenvalue weighted by Crippen LogP contribution is 2.25. The molecule has 0 fully saturated rings. The highest BCUT2D eigenvalue weighted by Gasteiger charge is 2.19. The van der Waals surface area contributed by atoms with Crippen molar-refractivity contribution in [2.75, 3.05) is 6.61 Å². The molecule has 0 saturated heterocycles. The van der Waals surface area contributed by atoms with Crippen molar-refractivity contribution in [3.05, 3.63) is 33.6 Å². The summed E-state index contributed by atoms with van der Waals surface area (Å²) in [6, 6.07) is 0.763. The second-order valence-electron chi connectivity index (χ2n) is 2.94. The second kappa shape index (κ2) is 5.34. The predicted octanol–water partition coefficient (Wildman–Crippen LogP) is 2.97. The van der Waals surface area contributed by atoms with Crippen LogP contribution < -0.4 is 0 Å². The van der Waals surface area contributed by atoms with Gasteiger partial charge in [-0.05, 0) is 28.9 Å². The number of esters is 1. The van der Waals surface area contributed by atoms with Crippen LogP contribution in [0.15, 0.2) is 10.5 Å². The van der Waals surface area contributed by atoms with Gasteiger partial charge in [-0.25, -0.2) is 13.2 Å². The summed E-state index contributed by atoms with van der Waals surface area (Å²) in [7, 11) is 0. The maximum Gasteiger partial charge on any atom is 0.310 e. The van der Waals surface area contributed by atoms with Gasteiger partial charge >= 0.3 is 5.97 Å². The Morgan fingerprint density at radius 1 is 1.38 bits per heavy atom. The lowest BCUT2D eigenvalue weighted by Gasteiger charge is -2.06. The molecular formula is C10H8BrF3O2. The molecule has 88 valence electrons. The molecule has 0 aliphatic heterocycles. The van der Waals surface area contributed by atoms with Gasteiger partial charge in [-0.1, -0.05) is 0 Å². The molecule has 0 atom stereocenters. The third-order valence-electron chi connectivity index (χ3n) is 1.82. The van der Waals surface area contributed by atoms with Crippen LogP contribution in [0, 0.1) is 17.5 Å². The molecular weight excluding hydrogens is 289 g/mol. The number of rotatable bonds is 3. The van der Waals surface area contributed by atoms with E-state index in [4.69, 9.17) is 0 Å². The molecule has 1 rings (SSSR count). The summed E-state index contributed by atoms with van der Waals surface area (Å²) in [6.45, 7) is 1.71. The molecule has 0 saturated carbocycles. The molecule has 16 heavy (non-hydrogen) atoms. The van der Waals surface area contributed by atoms with Crippen molar-refractivity contribution in [2.24, 2.45) is 0 Å². The summed E-state index contributed by atoms with van der Waals surface area (Å²) in [4.78, 5) is 11.0. The van der Waals surface area contributed by atoms with Crippen LogP contribution in [0.2, 0.25) is 0 Å². The van der Waals surface area contributed by atoms with E-state index >= 15 is 0 Å². The fourth-order valence-corrected chi connectivity index (χ4v) is 1.41. The van der Waals surface area contributed by atoms with Gasteiger partial charge in [-0.3, -0.25) is 4.79 Å². The zero-order valence-corrected chi connectivity index (χ0v) is 9.91. The van der Waals surface area contributed by atoms with Crippen LogP contribution in [0.4, 0.5) is 13.2 Å². The van der Waals surface area contributed by atoms with E-state index in [0.717, 1.165) is 6.07 Å². The molecule has 0 bridgehead atoms. The Kier molecular flexibility index (Phi) is 4.35. The summed E-state index contributed by atoms with van der Waals surface area (Å²) in [5, 5.41) is 0. The third-order valence-corrected chi connectivity index (χ3v) is 2.54. The van der Waals surface area contributed by atoms with E-state index in [1.54, 1.807) is 6.92 Å². The smallest absolute Gasteiger partial charge is 0.310 e. The monoisotopic (exact) mass is 296 g/mol. The van der Waals surface area contributed by atoms with Gasteiger partial charge in [0.2, 0.25) is 0 Å². The maximum atomic E-state index is 13.3. The average Bonchev–Trinajstić information content (AvgIpc) is 2.23. The van der Waals surface area contributed by atoms with Crippen LogP contribution in [-0.4, -0.2) is 12.6 Å². The Balaban J connectivity index is 3.02. The third kappa shape index (κ3) is 2.75. The van der Waals surface area contributed by atoms with E-state index in [1.165, 1.54) is 0 Å². The van der Waals surface area contributed by atoms with Crippen LogP contribution in [0.1, 0.15) is 12.5 Å². The van der Waals surface area contributed by atoms with Gasteiger partial charge in [0.15, 0.2) is 11.6 Å². The maximum absolute atomic E-state index is 13.3. The average molecular weight is 297 g/mol. The lowest BCUT2D eigenvalue weighted by atomic mass is 10.1. The van der Waals surface area contributed by atoms with Gasteiger partial charge in [0.05, 0.1) is 17.5 Å². The van der Waals surface area contributed by atoms with E-state index < -0.39 is 34.3 Å². The first-order valence-electron chi connectivity index (χ1n) is 4.44. The second-order valence-corrected chi connectivity index (χ2v) is 3.73. The highest BCUT2D eigenvalue weighted by atomic mass is 79.9.